The van der Waals surface area contributed by atoms with Gasteiger partial charge in [0.1, 0.15) is 6.04 Å². The van der Waals surface area contributed by atoms with Crippen LogP contribution in [-0.2, 0) is 4.79 Å². The summed E-state index contributed by atoms with van der Waals surface area (Å²) in [5.41, 5.74) is 0.164. The van der Waals surface area contributed by atoms with Gasteiger partial charge in [0.2, 0.25) is 7.85 Å². The number of carboxylic acids is 1. The van der Waals surface area contributed by atoms with Crippen LogP contribution in [0.2, 0.25) is 0 Å². The average Bonchev–Trinajstić information content (AvgIpc) is 3.02. The van der Waals surface area contributed by atoms with Crippen molar-refractivity contribution in [3.63, 3.8) is 0 Å². The molecule has 5 heteroatoms. The van der Waals surface area contributed by atoms with Gasteiger partial charge in [-0.1, -0.05) is 6.42 Å². The standard InChI is InChI=1S/C14H20BNO3/c15-13(19)16-9-2-1-5-14(9)8-4-3-7(6-8)10(14)11(16)12(17)18/h7-11H,1-6,15H2,(H,17,18)/t7?,8?,9?,10?,11-,14?/m0/s1. The topological polar surface area (TPSA) is 57.6 Å². The first kappa shape index (κ1) is 11.8. The predicted octanol–water partition coefficient (Wildman–Crippen LogP) is 1.09. The number of rotatable bonds is 1. The first-order valence-electron chi connectivity index (χ1n) is 7.59. The molecule has 3 aliphatic carbocycles. The molecule has 19 heavy (non-hydrogen) atoms. The van der Waals surface area contributed by atoms with E-state index in [1.807, 2.05) is 0 Å². The van der Waals surface area contributed by atoms with Crippen LogP contribution in [0.4, 0.5) is 4.79 Å². The molecule has 102 valence electrons. The Labute approximate surface area is 113 Å². The number of hydrogen-bond acceptors (Lipinski definition) is 2. The van der Waals surface area contributed by atoms with Crippen molar-refractivity contribution in [2.45, 2.75) is 50.6 Å². The molecule has 4 aliphatic rings. The Morgan fingerprint density at radius 3 is 2.74 bits per heavy atom. The fourth-order valence-corrected chi connectivity index (χ4v) is 6.45. The third-order valence-corrected chi connectivity index (χ3v) is 6.66. The average molecular weight is 261 g/mol. The molecule has 1 heterocycles. The Kier molecular flexibility index (Phi) is 2.21. The van der Waals surface area contributed by atoms with Crippen LogP contribution in [0.5, 0.6) is 0 Å². The lowest BCUT2D eigenvalue weighted by Gasteiger charge is -2.39. The molecular formula is C14H20BNO3. The highest BCUT2D eigenvalue weighted by molar-refractivity contribution is 6.57. The summed E-state index contributed by atoms with van der Waals surface area (Å²) in [6.07, 6.45) is 6.99. The van der Waals surface area contributed by atoms with Crippen molar-refractivity contribution in [2.75, 3.05) is 0 Å². The fourth-order valence-electron chi connectivity index (χ4n) is 6.45. The minimum Gasteiger partial charge on any atom is -0.480 e. The molecule has 5 unspecified atom stereocenters. The number of hydrogen-bond donors (Lipinski definition) is 1. The molecule has 1 saturated heterocycles. The molecule has 0 radical (unpaired) electrons. The van der Waals surface area contributed by atoms with Crippen LogP contribution in [0.3, 0.4) is 0 Å². The number of carbonyl (C=O) groups excluding carboxylic acids is 1. The number of amides is 1. The van der Waals surface area contributed by atoms with E-state index in [9.17, 15) is 14.7 Å². The number of carboxylic acid groups (broad SMARTS) is 1. The van der Waals surface area contributed by atoms with Gasteiger partial charge in [-0.25, -0.2) is 4.79 Å². The maximum absolute atomic E-state index is 12.0. The lowest BCUT2D eigenvalue weighted by molar-refractivity contribution is -0.143. The van der Waals surface area contributed by atoms with Crippen molar-refractivity contribution in [1.82, 2.24) is 4.90 Å². The first-order valence-corrected chi connectivity index (χ1v) is 7.59. The zero-order chi connectivity index (χ0) is 13.4. The molecular weight excluding hydrogens is 241 g/mol. The van der Waals surface area contributed by atoms with Gasteiger partial charge >= 0.3 is 5.97 Å². The number of likely N-dealkylation sites (tertiary alicyclic amines) is 1. The Morgan fingerprint density at radius 1 is 1.26 bits per heavy atom. The molecule has 1 amide bonds. The maximum Gasteiger partial charge on any atom is 0.326 e. The van der Waals surface area contributed by atoms with Gasteiger partial charge in [-0.2, -0.15) is 0 Å². The van der Waals surface area contributed by atoms with E-state index in [-0.39, 0.29) is 23.2 Å². The molecule has 1 N–H and O–H groups in total. The van der Waals surface area contributed by atoms with Crippen molar-refractivity contribution < 1.29 is 14.7 Å². The van der Waals surface area contributed by atoms with E-state index in [1.54, 1.807) is 12.7 Å². The predicted molar refractivity (Wildman–Crippen MR) is 71.6 cm³/mol. The summed E-state index contributed by atoms with van der Waals surface area (Å²) in [6.45, 7) is 0. The van der Waals surface area contributed by atoms with Crippen molar-refractivity contribution in [2.24, 2.45) is 23.2 Å². The summed E-state index contributed by atoms with van der Waals surface area (Å²) >= 11 is 0. The summed E-state index contributed by atoms with van der Waals surface area (Å²) in [5, 5.41) is 9.67. The van der Waals surface area contributed by atoms with E-state index in [0.29, 0.717) is 11.8 Å². The van der Waals surface area contributed by atoms with Crippen LogP contribution in [0.1, 0.15) is 38.5 Å². The van der Waals surface area contributed by atoms with Crippen molar-refractivity contribution in [3.8, 4) is 0 Å². The zero-order valence-electron chi connectivity index (χ0n) is 11.3. The normalized spacial score (nSPS) is 50.3. The molecule has 4 nitrogen and oxygen atoms in total. The van der Waals surface area contributed by atoms with E-state index in [2.05, 4.69) is 0 Å². The van der Waals surface area contributed by atoms with Crippen LogP contribution in [-0.4, -0.2) is 41.7 Å². The first-order chi connectivity index (χ1) is 9.07. The van der Waals surface area contributed by atoms with E-state index in [1.165, 1.54) is 25.7 Å². The lowest BCUT2D eigenvalue weighted by atomic mass is 9.64. The summed E-state index contributed by atoms with van der Waals surface area (Å²) in [6, 6.07) is -0.329. The quantitative estimate of drug-likeness (QED) is 0.719. The highest BCUT2D eigenvalue weighted by Gasteiger charge is 2.72. The van der Waals surface area contributed by atoms with Gasteiger partial charge in [0.05, 0.1) is 0 Å². The largest absolute Gasteiger partial charge is 0.480 e. The Hall–Kier alpha value is -0.995. The molecule has 0 aromatic heterocycles. The van der Waals surface area contributed by atoms with Crippen LogP contribution in [0.15, 0.2) is 0 Å². The van der Waals surface area contributed by atoms with Gasteiger partial charge in [0.25, 0.3) is 0 Å². The minimum absolute atomic E-state index is 0.0347. The SMILES string of the molecule is BC(=O)N1C2CCCC23C2CCC(C2)C3[C@H]1C(=O)O. The summed E-state index contributed by atoms with van der Waals surface area (Å²) in [7, 11) is 1.55. The number of aliphatic carboxylic acids is 1. The van der Waals surface area contributed by atoms with E-state index < -0.39 is 12.0 Å². The summed E-state index contributed by atoms with van der Waals surface area (Å²) in [4.78, 5) is 25.6. The Balaban J connectivity index is 1.85. The third kappa shape index (κ3) is 1.18. The van der Waals surface area contributed by atoms with Crippen LogP contribution >= 0.6 is 0 Å². The van der Waals surface area contributed by atoms with E-state index in [0.717, 1.165) is 12.8 Å². The smallest absolute Gasteiger partial charge is 0.326 e. The second kappa shape index (κ2) is 3.55. The van der Waals surface area contributed by atoms with Crippen molar-refractivity contribution in [3.05, 3.63) is 0 Å². The number of fused-ring (bicyclic) bond motifs is 3. The van der Waals surface area contributed by atoms with Gasteiger partial charge in [-0.3, -0.25) is 4.79 Å². The van der Waals surface area contributed by atoms with Gasteiger partial charge in [0.15, 0.2) is 5.81 Å². The van der Waals surface area contributed by atoms with E-state index >= 15 is 0 Å². The third-order valence-electron chi connectivity index (χ3n) is 6.66. The van der Waals surface area contributed by atoms with Gasteiger partial charge < -0.3 is 10.0 Å². The summed E-state index contributed by atoms with van der Waals surface area (Å²) < 4.78 is 0. The lowest BCUT2D eigenvalue weighted by Crippen LogP contribution is -2.47. The second-order valence-electron chi connectivity index (χ2n) is 7.03. The molecule has 1 spiro atoms. The van der Waals surface area contributed by atoms with E-state index in [4.69, 9.17) is 0 Å². The molecule has 3 saturated carbocycles. The van der Waals surface area contributed by atoms with Crippen LogP contribution in [0.25, 0.3) is 0 Å². The monoisotopic (exact) mass is 261 g/mol. The molecule has 0 aromatic carbocycles. The minimum atomic E-state index is -0.776. The maximum atomic E-state index is 12.0. The van der Waals surface area contributed by atoms with Gasteiger partial charge in [0, 0.05) is 12.0 Å². The molecule has 4 rings (SSSR count). The highest BCUT2D eigenvalue weighted by atomic mass is 16.4. The summed E-state index contributed by atoms with van der Waals surface area (Å²) in [5.74, 6) is 0.659. The molecule has 6 atom stereocenters. The van der Waals surface area contributed by atoms with Crippen molar-refractivity contribution >= 4 is 19.6 Å². The zero-order valence-corrected chi connectivity index (χ0v) is 11.3. The molecule has 2 bridgehead atoms. The van der Waals surface area contributed by atoms with Crippen LogP contribution < -0.4 is 0 Å². The molecule has 1 aliphatic heterocycles. The van der Waals surface area contributed by atoms with Crippen LogP contribution in [0, 0.1) is 23.2 Å². The molecule has 4 fully saturated rings. The van der Waals surface area contributed by atoms with Gasteiger partial charge in [-0.05, 0) is 49.4 Å². The number of nitrogens with zero attached hydrogens (tertiary/aromatic N) is 1. The second-order valence-corrected chi connectivity index (χ2v) is 7.03. The fraction of sp³-hybridized carbons (Fsp3) is 0.857. The Morgan fingerprint density at radius 2 is 2.05 bits per heavy atom. The van der Waals surface area contributed by atoms with Gasteiger partial charge in [-0.15, -0.1) is 0 Å². The number of carbonyl (C=O) groups is 2. The van der Waals surface area contributed by atoms with Crippen molar-refractivity contribution in [1.29, 1.82) is 0 Å². The Bertz CT molecular complexity index is 468. The highest BCUT2D eigenvalue weighted by Crippen LogP contribution is 2.71. The molecule has 0 aromatic rings.